The Bertz CT molecular complexity index is 824. The van der Waals surface area contributed by atoms with E-state index < -0.39 is 35.1 Å². The first-order valence-corrected chi connectivity index (χ1v) is 8.90. The van der Waals surface area contributed by atoms with Gasteiger partial charge in [0.1, 0.15) is 11.0 Å². The quantitative estimate of drug-likeness (QED) is 0.796. The van der Waals surface area contributed by atoms with Gasteiger partial charge in [-0.1, -0.05) is 32.9 Å². The van der Waals surface area contributed by atoms with Crippen molar-refractivity contribution in [3.63, 3.8) is 0 Å². The molecule has 0 aliphatic carbocycles. The molecule has 0 bridgehead atoms. The zero-order valence-corrected chi connectivity index (χ0v) is 15.7. The number of benzene rings is 1. The van der Waals surface area contributed by atoms with E-state index in [4.69, 9.17) is 0 Å². The molecule has 27 heavy (non-hydrogen) atoms. The highest BCUT2D eigenvalue weighted by molar-refractivity contribution is 7.13. The fourth-order valence-electron chi connectivity index (χ4n) is 2.35. The number of carboxylic acid groups (broad SMARTS) is 1. The molecule has 2 rings (SSSR count). The number of hydrogen-bond donors (Lipinski definition) is 2. The zero-order chi connectivity index (χ0) is 20.4. The molecule has 0 spiro atoms. The summed E-state index contributed by atoms with van der Waals surface area (Å²) in [5.41, 5.74) is -0.470. The van der Waals surface area contributed by atoms with Gasteiger partial charge in [-0.15, -0.1) is 11.3 Å². The van der Waals surface area contributed by atoms with Crippen molar-refractivity contribution in [1.29, 1.82) is 0 Å². The van der Waals surface area contributed by atoms with E-state index in [9.17, 15) is 27.9 Å². The van der Waals surface area contributed by atoms with Gasteiger partial charge in [-0.05, 0) is 17.5 Å². The number of carboxylic acids is 1. The van der Waals surface area contributed by atoms with E-state index in [0.717, 1.165) is 12.1 Å². The molecule has 0 radical (unpaired) electrons. The van der Waals surface area contributed by atoms with Crippen LogP contribution in [0.15, 0.2) is 29.6 Å². The van der Waals surface area contributed by atoms with Crippen LogP contribution < -0.4 is 5.32 Å². The minimum atomic E-state index is -4.40. The molecule has 146 valence electrons. The Kier molecular flexibility index (Phi) is 5.94. The summed E-state index contributed by atoms with van der Waals surface area (Å²) in [4.78, 5) is 27.7. The van der Waals surface area contributed by atoms with E-state index in [1.54, 1.807) is 26.2 Å². The molecule has 0 aliphatic heterocycles. The first-order valence-electron chi connectivity index (χ1n) is 8.02. The molecule has 1 unspecified atom stereocenters. The fourth-order valence-corrected chi connectivity index (χ4v) is 3.17. The summed E-state index contributed by atoms with van der Waals surface area (Å²) in [6.07, 6.45) is -4.52. The largest absolute Gasteiger partial charge is 0.480 e. The van der Waals surface area contributed by atoms with Crippen LogP contribution in [0, 0.1) is 5.41 Å². The van der Waals surface area contributed by atoms with E-state index in [-0.39, 0.29) is 6.42 Å². The smallest absolute Gasteiger partial charge is 0.416 e. The van der Waals surface area contributed by atoms with Gasteiger partial charge in [-0.2, -0.15) is 13.2 Å². The standard InChI is InChI=1S/C18H19F3N2O3S/c1-17(2,3)14(16(25)26)23-13(24)8-12-9-27-15(22-12)10-4-6-11(7-5-10)18(19,20)21/h4-7,9,14H,8H2,1-3H3,(H,23,24)(H,25,26). The number of alkyl halides is 3. The number of carbonyl (C=O) groups is 2. The maximum atomic E-state index is 12.6. The first-order chi connectivity index (χ1) is 12.4. The van der Waals surface area contributed by atoms with E-state index >= 15 is 0 Å². The molecule has 1 aromatic carbocycles. The zero-order valence-electron chi connectivity index (χ0n) is 14.9. The number of rotatable bonds is 5. The van der Waals surface area contributed by atoms with Crippen molar-refractivity contribution < 1.29 is 27.9 Å². The lowest BCUT2D eigenvalue weighted by Crippen LogP contribution is -2.49. The van der Waals surface area contributed by atoms with Crippen molar-refractivity contribution in [3.8, 4) is 10.6 Å². The number of amides is 1. The van der Waals surface area contributed by atoms with Crippen LogP contribution in [0.3, 0.4) is 0 Å². The van der Waals surface area contributed by atoms with Crippen molar-refractivity contribution in [1.82, 2.24) is 10.3 Å². The molecule has 2 N–H and O–H groups in total. The predicted octanol–water partition coefficient (Wildman–Crippen LogP) is 3.99. The number of nitrogens with one attached hydrogen (secondary N) is 1. The normalized spacial score (nSPS) is 13.3. The molecule has 5 nitrogen and oxygen atoms in total. The van der Waals surface area contributed by atoms with Crippen LogP contribution in [0.25, 0.3) is 10.6 Å². The lowest BCUT2D eigenvalue weighted by Gasteiger charge is -2.27. The number of thiazole rings is 1. The van der Waals surface area contributed by atoms with Crippen LogP contribution in [0.4, 0.5) is 13.2 Å². The van der Waals surface area contributed by atoms with Crippen molar-refractivity contribution in [2.75, 3.05) is 0 Å². The Morgan fingerprint density at radius 3 is 2.26 bits per heavy atom. The van der Waals surface area contributed by atoms with Gasteiger partial charge in [0.15, 0.2) is 0 Å². The molecular formula is C18H19F3N2O3S. The Balaban J connectivity index is 2.07. The molecule has 1 heterocycles. The minimum absolute atomic E-state index is 0.114. The van der Waals surface area contributed by atoms with Crippen molar-refractivity contribution >= 4 is 23.2 Å². The van der Waals surface area contributed by atoms with Crippen molar-refractivity contribution in [3.05, 3.63) is 40.9 Å². The van der Waals surface area contributed by atoms with Gasteiger partial charge in [0.2, 0.25) is 5.91 Å². The van der Waals surface area contributed by atoms with Crippen LogP contribution in [0.1, 0.15) is 32.0 Å². The number of halogens is 3. The lowest BCUT2D eigenvalue weighted by atomic mass is 9.86. The second kappa shape index (κ2) is 7.67. The van der Waals surface area contributed by atoms with Crippen LogP contribution in [0.2, 0.25) is 0 Å². The van der Waals surface area contributed by atoms with Gasteiger partial charge in [0.25, 0.3) is 0 Å². The van der Waals surface area contributed by atoms with Gasteiger partial charge in [-0.25, -0.2) is 9.78 Å². The SMILES string of the molecule is CC(C)(C)C(NC(=O)Cc1csc(-c2ccc(C(F)(F)F)cc2)n1)C(=O)O. The third kappa shape index (κ3) is 5.53. The molecule has 0 aliphatic rings. The second-order valence-electron chi connectivity index (χ2n) is 7.10. The van der Waals surface area contributed by atoms with E-state index in [1.807, 2.05) is 0 Å². The molecule has 2 aromatic rings. The maximum Gasteiger partial charge on any atom is 0.416 e. The molecule has 1 atom stereocenters. The number of aromatic nitrogens is 1. The number of hydrogen-bond acceptors (Lipinski definition) is 4. The third-order valence-electron chi connectivity index (χ3n) is 3.77. The first kappa shape index (κ1) is 20.9. The highest BCUT2D eigenvalue weighted by atomic mass is 32.1. The van der Waals surface area contributed by atoms with Gasteiger partial charge in [0, 0.05) is 10.9 Å². The van der Waals surface area contributed by atoms with Crippen LogP contribution in [-0.2, 0) is 22.2 Å². The average Bonchev–Trinajstić information content (AvgIpc) is 2.99. The van der Waals surface area contributed by atoms with E-state index in [2.05, 4.69) is 10.3 Å². The summed E-state index contributed by atoms with van der Waals surface area (Å²) in [5.74, 6) is -1.61. The van der Waals surface area contributed by atoms with Crippen LogP contribution >= 0.6 is 11.3 Å². The van der Waals surface area contributed by atoms with Gasteiger partial charge in [-0.3, -0.25) is 4.79 Å². The highest BCUT2D eigenvalue weighted by Gasteiger charge is 2.32. The van der Waals surface area contributed by atoms with Crippen molar-refractivity contribution in [2.45, 2.75) is 39.4 Å². The molecule has 0 saturated heterocycles. The number of aliphatic carboxylic acids is 1. The molecular weight excluding hydrogens is 381 g/mol. The molecule has 1 amide bonds. The summed E-state index contributed by atoms with van der Waals surface area (Å²) in [6.45, 7) is 5.12. The predicted molar refractivity (Wildman–Crippen MR) is 95.3 cm³/mol. The Morgan fingerprint density at radius 1 is 1.19 bits per heavy atom. The highest BCUT2D eigenvalue weighted by Crippen LogP contribution is 2.31. The maximum absolute atomic E-state index is 12.6. The Labute approximate surface area is 158 Å². The topological polar surface area (TPSA) is 79.3 Å². The Morgan fingerprint density at radius 2 is 1.78 bits per heavy atom. The van der Waals surface area contributed by atoms with E-state index in [1.165, 1.54) is 23.5 Å². The second-order valence-corrected chi connectivity index (χ2v) is 7.96. The minimum Gasteiger partial charge on any atom is -0.480 e. The summed E-state index contributed by atoms with van der Waals surface area (Å²) < 4.78 is 37.8. The number of carbonyl (C=O) groups excluding carboxylic acids is 1. The van der Waals surface area contributed by atoms with Crippen molar-refractivity contribution in [2.24, 2.45) is 5.41 Å². The Hall–Kier alpha value is -2.42. The summed E-state index contributed by atoms with van der Waals surface area (Å²) in [6, 6.07) is 3.56. The summed E-state index contributed by atoms with van der Waals surface area (Å²) in [7, 11) is 0. The lowest BCUT2D eigenvalue weighted by molar-refractivity contribution is -0.144. The summed E-state index contributed by atoms with van der Waals surface area (Å²) >= 11 is 1.20. The van der Waals surface area contributed by atoms with Crippen LogP contribution in [-0.4, -0.2) is 28.0 Å². The molecule has 1 aromatic heterocycles. The molecule has 0 saturated carbocycles. The number of nitrogens with zero attached hydrogens (tertiary/aromatic N) is 1. The summed E-state index contributed by atoms with van der Waals surface area (Å²) in [5, 5.41) is 13.8. The van der Waals surface area contributed by atoms with Gasteiger partial charge in [0.05, 0.1) is 17.7 Å². The van der Waals surface area contributed by atoms with E-state index in [0.29, 0.717) is 16.3 Å². The fraction of sp³-hybridized carbons (Fsp3) is 0.389. The molecule has 0 fully saturated rings. The average molecular weight is 400 g/mol. The monoisotopic (exact) mass is 400 g/mol. The van der Waals surface area contributed by atoms with Gasteiger partial charge >= 0.3 is 12.1 Å². The van der Waals surface area contributed by atoms with Gasteiger partial charge < -0.3 is 10.4 Å². The molecule has 9 heteroatoms. The van der Waals surface area contributed by atoms with Crippen LogP contribution in [0.5, 0.6) is 0 Å². The third-order valence-corrected chi connectivity index (χ3v) is 4.71.